The molecule has 0 saturated carbocycles. The van der Waals surface area contributed by atoms with E-state index in [-0.39, 0.29) is 6.10 Å². The van der Waals surface area contributed by atoms with Crippen LogP contribution in [0.1, 0.15) is 35.3 Å². The largest absolute Gasteiger partial charge is 0.487 e. The van der Waals surface area contributed by atoms with Crippen LogP contribution >= 0.6 is 0 Å². The van der Waals surface area contributed by atoms with E-state index in [2.05, 4.69) is 0 Å². The summed E-state index contributed by atoms with van der Waals surface area (Å²) < 4.78 is 18.0. The van der Waals surface area contributed by atoms with Gasteiger partial charge in [0.2, 0.25) is 5.75 Å². The van der Waals surface area contributed by atoms with Gasteiger partial charge in [0, 0.05) is 5.56 Å². The fourth-order valence-corrected chi connectivity index (χ4v) is 2.72. The van der Waals surface area contributed by atoms with Gasteiger partial charge in [-0.15, -0.1) is 0 Å². The Balaban J connectivity index is 1.90. The van der Waals surface area contributed by atoms with Gasteiger partial charge < -0.3 is 14.2 Å². The number of benzene rings is 3. The van der Waals surface area contributed by atoms with E-state index in [1.165, 1.54) is 0 Å². The van der Waals surface area contributed by atoms with Crippen molar-refractivity contribution in [3.63, 3.8) is 0 Å². The summed E-state index contributed by atoms with van der Waals surface area (Å²) in [6.07, 6.45) is 0.715. The van der Waals surface area contributed by atoms with Crippen LogP contribution < -0.4 is 14.2 Å². The molecule has 3 rings (SSSR count). The average Bonchev–Trinajstić information content (AvgIpc) is 2.72. The van der Waals surface area contributed by atoms with E-state index in [0.29, 0.717) is 36.0 Å². The Labute approximate surface area is 165 Å². The van der Waals surface area contributed by atoms with Gasteiger partial charge in [0.15, 0.2) is 11.5 Å². The summed E-state index contributed by atoms with van der Waals surface area (Å²) in [4.78, 5) is 11.4. The molecule has 0 aliphatic rings. The van der Waals surface area contributed by atoms with E-state index in [4.69, 9.17) is 14.2 Å². The highest BCUT2D eigenvalue weighted by Gasteiger charge is 2.17. The zero-order chi connectivity index (χ0) is 19.8. The van der Waals surface area contributed by atoms with Crippen LogP contribution in [0, 0.1) is 0 Å². The molecule has 0 amide bonds. The maximum Gasteiger partial charge on any atom is 0.203 e. The first-order valence-corrected chi connectivity index (χ1v) is 9.29. The molecule has 0 bridgehead atoms. The molecule has 144 valence electrons. The molecule has 0 heterocycles. The summed E-state index contributed by atoms with van der Waals surface area (Å²) in [6, 6.07) is 23.1. The molecular formula is C24H24O4. The minimum atomic E-state index is -0.0667. The molecule has 4 heteroatoms. The van der Waals surface area contributed by atoms with Gasteiger partial charge in [-0.25, -0.2) is 0 Å². The van der Waals surface area contributed by atoms with Crippen molar-refractivity contribution in [2.45, 2.75) is 33.2 Å². The van der Waals surface area contributed by atoms with Crippen LogP contribution in [0.15, 0.2) is 72.8 Å². The van der Waals surface area contributed by atoms with E-state index in [0.717, 1.165) is 17.4 Å². The third-order valence-electron chi connectivity index (χ3n) is 4.01. The second-order valence-electron chi connectivity index (χ2n) is 6.68. The minimum absolute atomic E-state index is 0.0667. The fourth-order valence-electron chi connectivity index (χ4n) is 2.72. The molecule has 0 radical (unpaired) electrons. The van der Waals surface area contributed by atoms with E-state index >= 15 is 0 Å². The van der Waals surface area contributed by atoms with E-state index in [1.54, 1.807) is 12.1 Å². The molecule has 0 atom stereocenters. The van der Waals surface area contributed by atoms with Crippen molar-refractivity contribution in [3.8, 4) is 17.2 Å². The smallest absolute Gasteiger partial charge is 0.203 e. The van der Waals surface area contributed by atoms with Crippen LogP contribution in [0.5, 0.6) is 17.2 Å². The molecule has 28 heavy (non-hydrogen) atoms. The van der Waals surface area contributed by atoms with Gasteiger partial charge in [0.25, 0.3) is 0 Å². The SMILES string of the molecule is CC(C)Oc1cc(C=O)cc(OCc2ccccc2)c1OCc1ccccc1. The topological polar surface area (TPSA) is 44.8 Å². The molecule has 3 aromatic carbocycles. The van der Waals surface area contributed by atoms with Gasteiger partial charge in [0.05, 0.1) is 6.10 Å². The quantitative estimate of drug-likeness (QED) is 0.466. The van der Waals surface area contributed by atoms with Gasteiger partial charge in [0.1, 0.15) is 19.5 Å². The molecule has 4 nitrogen and oxygen atoms in total. The highest BCUT2D eigenvalue weighted by Crippen LogP contribution is 2.40. The summed E-state index contributed by atoms with van der Waals surface area (Å²) in [7, 11) is 0. The number of rotatable bonds is 9. The molecule has 3 aromatic rings. The van der Waals surface area contributed by atoms with E-state index in [1.807, 2.05) is 74.5 Å². The third-order valence-corrected chi connectivity index (χ3v) is 4.01. The van der Waals surface area contributed by atoms with Crippen molar-refractivity contribution in [2.75, 3.05) is 0 Å². The monoisotopic (exact) mass is 376 g/mol. The van der Waals surface area contributed by atoms with E-state index in [9.17, 15) is 4.79 Å². The second-order valence-corrected chi connectivity index (χ2v) is 6.68. The zero-order valence-corrected chi connectivity index (χ0v) is 16.1. The molecular weight excluding hydrogens is 352 g/mol. The Hall–Kier alpha value is -3.27. The molecule has 0 fully saturated rings. The van der Waals surface area contributed by atoms with Crippen molar-refractivity contribution in [3.05, 3.63) is 89.5 Å². The van der Waals surface area contributed by atoms with Gasteiger partial charge in [-0.3, -0.25) is 4.79 Å². The highest BCUT2D eigenvalue weighted by atomic mass is 16.5. The molecule has 0 aliphatic carbocycles. The molecule has 0 aromatic heterocycles. The first-order valence-electron chi connectivity index (χ1n) is 9.29. The van der Waals surface area contributed by atoms with Gasteiger partial charge in [-0.05, 0) is 37.1 Å². The normalized spacial score (nSPS) is 10.5. The number of carbonyl (C=O) groups is 1. The summed E-state index contributed by atoms with van der Waals surface area (Å²) >= 11 is 0. The Bertz CT molecular complexity index is 889. The first-order chi connectivity index (χ1) is 13.7. The molecule has 0 spiro atoms. The first kappa shape index (κ1) is 19.5. The van der Waals surface area contributed by atoms with Crippen LogP contribution in [0.25, 0.3) is 0 Å². The maximum absolute atomic E-state index is 11.4. The van der Waals surface area contributed by atoms with Crippen molar-refractivity contribution in [1.29, 1.82) is 0 Å². The lowest BCUT2D eigenvalue weighted by atomic mass is 10.2. The molecule has 0 N–H and O–H groups in total. The van der Waals surface area contributed by atoms with Crippen molar-refractivity contribution >= 4 is 6.29 Å². The van der Waals surface area contributed by atoms with Crippen LogP contribution in [-0.4, -0.2) is 12.4 Å². The predicted octanol–water partition coefficient (Wildman–Crippen LogP) is 5.44. The molecule has 0 unspecified atom stereocenters. The third kappa shape index (κ3) is 5.36. The standard InChI is InChI=1S/C24H24O4/c1-18(2)28-23-14-21(15-25)13-22(26-16-19-9-5-3-6-10-19)24(23)27-17-20-11-7-4-8-12-20/h3-15,18H,16-17H2,1-2H3. The lowest BCUT2D eigenvalue weighted by Crippen LogP contribution is -2.09. The lowest BCUT2D eigenvalue weighted by molar-refractivity contribution is 0.112. The fraction of sp³-hybridized carbons (Fsp3) is 0.208. The van der Waals surface area contributed by atoms with E-state index < -0.39 is 0 Å². The Morgan fingerprint density at radius 1 is 0.786 bits per heavy atom. The summed E-state index contributed by atoms with van der Waals surface area (Å²) in [5, 5.41) is 0. The summed E-state index contributed by atoms with van der Waals surface area (Å²) in [6.45, 7) is 4.60. The van der Waals surface area contributed by atoms with Gasteiger partial charge in [-0.2, -0.15) is 0 Å². The maximum atomic E-state index is 11.4. The van der Waals surface area contributed by atoms with Crippen molar-refractivity contribution < 1.29 is 19.0 Å². The van der Waals surface area contributed by atoms with Crippen LogP contribution in [0.2, 0.25) is 0 Å². The van der Waals surface area contributed by atoms with Crippen molar-refractivity contribution in [2.24, 2.45) is 0 Å². The van der Waals surface area contributed by atoms with Gasteiger partial charge in [-0.1, -0.05) is 60.7 Å². The van der Waals surface area contributed by atoms with Crippen molar-refractivity contribution in [1.82, 2.24) is 0 Å². The Morgan fingerprint density at radius 3 is 1.86 bits per heavy atom. The van der Waals surface area contributed by atoms with Crippen LogP contribution in [0.4, 0.5) is 0 Å². The molecule has 0 saturated heterocycles. The number of carbonyl (C=O) groups excluding carboxylic acids is 1. The molecule has 0 aliphatic heterocycles. The van der Waals surface area contributed by atoms with Crippen LogP contribution in [-0.2, 0) is 13.2 Å². The Kier molecular flexibility index (Phi) is 6.68. The van der Waals surface area contributed by atoms with Gasteiger partial charge >= 0.3 is 0 Å². The lowest BCUT2D eigenvalue weighted by Gasteiger charge is -2.19. The van der Waals surface area contributed by atoms with Crippen LogP contribution in [0.3, 0.4) is 0 Å². The number of aldehydes is 1. The highest BCUT2D eigenvalue weighted by molar-refractivity contribution is 5.78. The summed E-state index contributed by atoms with van der Waals surface area (Å²) in [5.41, 5.74) is 2.54. The predicted molar refractivity (Wildman–Crippen MR) is 109 cm³/mol. The average molecular weight is 376 g/mol. The number of hydrogen-bond donors (Lipinski definition) is 0. The second kappa shape index (κ2) is 9.60. The number of ether oxygens (including phenoxy) is 3. The Morgan fingerprint density at radius 2 is 1.32 bits per heavy atom. The zero-order valence-electron chi connectivity index (χ0n) is 16.1. The number of hydrogen-bond acceptors (Lipinski definition) is 4. The summed E-state index contributed by atoms with van der Waals surface area (Å²) in [5.74, 6) is 1.48. The minimum Gasteiger partial charge on any atom is -0.487 e.